The lowest BCUT2D eigenvalue weighted by molar-refractivity contribution is -0.145. The molecule has 9 heteroatoms. The van der Waals surface area contributed by atoms with E-state index in [0.29, 0.717) is 11.3 Å². The van der Waals surface area contributed by atoms with Crippen molar-refractivity contribution in [2.75, 3.05) is 5.32 Å². The summed E-state index contributed by atoms with van der Waals surface area (Å²) in [6.07, 6.45) is -4.76. The molecule has 0 atom stereocenters. The molecule has 0 saturated carbocycles. The Morgan fingerprint density at radius 3 is 2.15 bits per heavy atom. The lowest BCUT2D eigenvalue weighted by Gasteiger charge is -2.19. The number of amides is 1. The van der Waals surface area contributed by atoms with Crippen LogP contribution < -0.4 is 5.32 Å². The number of aryl methyl sites for hydroxylation is 1. The van der Waals surface area contributed by atoms with Gasteiger partial charge in [0.1, 0.15) is 5.69 Å². The average molecular weight is 367 g/mol. The number of nitrogens with one attached hydrogen (secondary N) is 1. The highest BCUT2D eigenvalue weighted by atomic mass is 19.4. The number of anilines is 1. The third kappa shape index (κ3) is 4.16. The Kier molecular flexibility index (Phi) is 5.02. The number of alkyl halides is 3. The van der Waals surface area contributed by atoms with Crippen LogP contribution in [0.3, 0.4) is 0 Å². The number of aliphatic carboxylic acids is 1. The Bertz CT molecular complexity index is 847. The smallest absolute Gasteiger partial charge is 0.451 e. The molecule has 138 valence electrons. The SMILES string of the molecule is Cc1cc(C(=O)Nc2ccc(C(C)(C)C(=O)O)cc2)nc(C(F)(F)F)n1. The highest BCUT2D eigenvalue weighted by molar-refractivity contribution is 6.03. The van der Waals surface area contributed by atoms with E-state index in [-0.39, 0.29) is 5.69 Å². The highest BCUT2D eigenvalue weighted by Crippen LogP contribution is 2.27. The molecule has 1 heterocycles. The molecule has 26 heavy (non-hydrogen) atoms. The van der Waals surface area contributed by atoms with Crippen LogP contribution in [0.1, 0.15) is 41.4 Å². The maximum absolute atomic E-state index is 12.8. The molecule has 2 rings (SSSR count). The normalized spacial score (nSPS) is 11.9. The number of nitrogens with zero attached hydrogens (tertiary/aromatic N) is 2. The van der Waals surface area contributed by atoms with Crippen molar-refractivity contribution in [1.29, 1.82) is 0 Å². The molecule has 1 aromatic carbocycles. The van der Waals surface area contributed by atoms with Crippen molar-refractivity contribution in [3.63, 3.8) is 0 Å². The monoisotopic (exact) mass is 367 g/mol. The molecule has 1 amide bonds. The fraction of sp³-hybridized carbons (Fsp3) is 0.294. The number of benzene rings is 1. The van der Waals surface area contributed by atoms with Gasteiger partial charge in [-0.05, 0) is 44.5 Å². The minimum atomic E-state index is -4.76. The first kappa shape index (κ1) is 19.4. The summed E-state index contributed by atoms with van der Waals surface area (Å²) in [5.74, 6) is -3.22. The number of aromatic nitrogens is 2. The lowest BCUT2D eigenvalue weighted by Crippen LogP contribution is -2.28. The van der Waals surface area contributed by atoms with E-state index >= 15 is 0 Å². The van der Waals surface area contributed by atoms with Crippen LogP contribution in [0.5, 0.6) is 0 Å². The zero-order chi connectivity index (χ0) is 19.7. The molecule has 2 N–H and O–H groups in total. The average Bonchev–Trinajstić information content (AvgIpc) is 2.53. The van der Waals surface area contributed by atoms with E-state index in [4.69, 9.17) is 0 Å². The largest absolute Gasteiger partial charge is 0.481 e. The first-order valence-electron chi connectivity index (χ1n) is 7.49. The first-order valence-corrected chi connectivity index (χ1v) is 7.49. The molecule has 0 aliphatic heterocycles. The predicted octanol–water partition coefficient (Wildman–Crippen LogP) is 3.42. The minimum Gasteiger partial charge on any atom is -0.481 e. The van der Waals surface area contributed by atoms with Gasteiger partial charge in [-0.2, -0.15) is 13.2 Å². The van der Waals surface area contributed by atoms with Crippen LogP contribution in [0.25, 0.3) is 0 Å². The summed E-state index contributed by atoms with van der Waals surface area (Å²) in [6, 6.07) is 7.13. The topological polar surface area (TPSA) is 92.2 Å². The van der Waals surface area contributed by atoms with E-state index in [0.717, 1.165) is 6.07 Å². The van der Waals surface area contributed by atoms with Crippen molar-refractivity contribution in [2.45, 2.75) is 32.4 Å². The Morgan fingerprint density at radius 1 is 1.08 bits per heavy atom. The molecule has 0 spiro atoms. The van der Waals surface area contributed by atoms with Crippen molar-refractivity contribution < 1.29 is 27.9 Å². The van der Waals surface area contributed by atoms with Crippen molar-refractivity contribution >= 4 is 17.6 Å². The summed E-state index contributed by atoms with van der Waals surface area (Å²) in [4.78, 5) is 29.9. The molecule has 2 aromatic rings. The molecule has 0 bridgehead atoms. The Labute approximate surface area is 147 Å². The Balaban J connectivity index is 2.23. The molecular formula is C17H16F3N3O3. The number of hydrogen-bond acceptors (Lipinski definition) is 4. The van der Waals surface area contributed by atoms with Crippen molar-refractivity contribution in [2.24, 2.45) is 0 Å². The van der Waals surface area contributed by atoms with Gasteiger partial charge in [0.25, 0.3) is 5.91 Å². The van der Waals surface area contributed by atoms with Gasteiger partial charge < -0.3 is 10.4 Å². The second-order valence-corrected chi connectivity index (χ2v) is 6.18. The van der Waals surface area contributed by atoms with Crippen molar-refractivity contribution in [1.82, 2.24) is 9.97 Å². The van der Waals surface area contributed by atoms with Crippen LogP contribution in [0.15, 0.2) is 30.3 Å². The fourth-order valence-electron chi connectivity index (χ4n) is 2.10. The van der Waals surface area contributed by atoms with Crippen LogP contribution in [0, 0.1) is 6.92 Å². The van der Waals surface area contributed by atoms with Gasteiger partial charge >= 0.3 is 12.1 Å². The van der Waals surface area contributed by atoms with Gasteiger partial charge in [0.2, 0.25) is 5.82 Å². The van der Waals surface area contributed by atoms with E-state index in [2.05, 4.69) is 15.3 Å². The molecule has 0 fully saturated rings. The first-order chi connectivity index (χ1) is 11.9. The summed E-state index contributed by atoms with van der Waals surface area (Å²) in [5, 5.41) is 11.6. The molecule has 0 aliphatic rings. The van der Waals surface area contributed by atoms with E-state index in [1.807, 2.05) is 0 Å². The van der Waals surface area contributed by atoms with Crippen LogP contribution in [0.4, 0.5) is 18.9 Å². The molecule has 0 saturated heterocycles. The molecule has 0 unspecified atom stereocenters. The van der Waals surface area contributed by atoms with Crippen molar-refractivity contribution in [3.8, 4) is 0 Å². The number of carboxylic acids is 1. The van der Waals surface area contributed by atoms with Crippen LogP contribution in [-0.4, -0.2) is 27.0 Å². The van der Waals surface area contributed by atoms with Crippen LogP contribution in [-0.2, 0) is 16.4 Å². The molecule has 0 radical (unpaired) electrons. The van der Waals surface area contributed by atoms with E-state index in [9.17, 15) is 27.9 Å². The summed E-state index contributed by atoms with van der Waals surface area (Å²) in [6.45, 7) is 4.40. The third-order valence-corrected chi connectivity index (χ3v) is 3.74. The summed E-state index contributed by atoms with van der Waals surface area (Å²) in [7, 11) is 0. The number of carboxylic acid groups (broad SMARTS) is 1. The number of carbonyl (C=O) groups is 2. The maximum Gasteiger partial charge on any atom is 0.451 e. The summed E-state index contributed by atoms with van der Waals surface area (Å²) < 4.78 is 38.3. The molecule has 0 aliphatic carbocycles. The Morgan fingerprint density at radius 2 is 1.65 bits per heavy atom. The third-order valence-electron chi connectivity index (χ3n) is 3.74. The van der Waals surface area contributed by atoms with Gasteiger partial charge in [-0.15, -0.1) is 0 Å². The number of halogens is 3. The van der Waals surface area contributed by atoms with Crippen LogP contribution in [0.2, 0.25) is 0 Å². The second kappa shape index (κ2) is 6.74. The zero-order valence-corrected chi connectivity index (χ0v) is 14.2. The number of rotatable bonds is 4. The van der Waals surface area contributed by atoms with E-state index in [1.54, 1.807) is 0 Å². The predicted molar refractivity (Wildman–Crippen MR) is 86.8 cm³/mol. The number of hydrogen-bond donors (Lipinski definition) is 2. The van der Waals surface area contributed by atoms with Gasteiger partial charge in [-0.3, -0.25) is 9.59 Å². The molecular weight excluding hydrogens is 351 g/mol. The van der Waals surface area contributed by atoms with E-state index < -0.39 is 35.0 Å². The van der Waals surface area contributed by atoms with Crippen LogP contribution >= 0.6 is 0 Å². The second-order valence-electron chi connectivity index (χ2n) is 6.18. The van der Waals surface area contributed by atoms with Gasteiger partial charge in [-0.25, -0.2) is 9.97 Å². The van der Waals surface area contributed by atoms with Gasteiger partial charge in [0.05, 0.1) is 5.41 Å². The van der Waals surface area contributed by atoms with Gasteiger partial charge in [0, 0.05) is 11.4 Å². The number of carbonyl (C=O) groups excluding carboxylic acids is 1. The van der Waals surface area contributed by atoms with Gasteiger partial charge in [-0.1, -0.05) is 12.1 Å². The van der Waals surface area contributed by atoms with Gasteiger partial charge in [0.15, 0.2) is 0 Å². The zero-order valence-electron chi connectivity index (χ0n) is 14.2. The highest BCUT2D eigenvalue weighted by Gasteiger charge is 2.35. The molecule has 1 aromatic heterocycles. The summed E-state index contributed by atoms with van der Waals surface area (Å²) >= 11 is 0. The maximum atomic E-state index is 12.8. The standard InChI is InChI=1S/C17H16F3N3O3/c1-9-8-12(23-14(21-9)17(18,19)20)13(24)22-11-6-4-10(5-7-11)16(2,3)15(25)26/h4-8H,1-3H3,(H,22,24)(H,25,26). The quantitative estimate of drug-likeness (QED) is 0.864. The van der Waals surface area contributed by atoms with Crippen molar-refractivity contribution in [3.05, 3.63) is 53.1 Å². The Hall–Kier alpha value is -2.97. The molecule has 6 nitrogen and oxygen atoms in total. The fourth-order valence-corrected chi connectivity index (χ4v) is 2.10. The lowest BCUT2D eigenvalue weighted by atomic mass is 9.85. The summed E-state index contributed by atoms with van der Waals surface area (Å²) in [5.41, 5.74) is -0.714. The van der Waals surface area contributed by atoms with E-state index in [1.165, 1.54) is 45.0 Å². The minimum absolute atomic E-state index is 0.0102.